The Kier molecular flexibility index (Phi) is 4.11. The van der Waals surface area contributed by atoms with Crippen molar-refractivity contribution in [1.82, 2.24) is 15.2 Å². The zero-order valence-corrected chi connectivity index (χ0v) is 12.4. The first-order chi connectivity index (χ1) is 10.8. The summed E-state index contributed by atoms with van der Waals surface area (Å²) in [5, 5.41) is 14.5. The third-order valence-corrected chi connectivity index (χ3v) is 3.97. The lowest BCUT2D eigenvalue weighted by Crippen LogP contribution is -2.21. The van der Waals surface area contributed by atoms with E-state index < -0.39 is 12.1 Å². The zero-order chi connectivity index (χ0) is 16.6. The maximum absolute atomic E-state index is 12.4. The van der Waals surface area contributed by atoms with Gasteiger partial charge in [0.25, 0.3) is 0 Å². The fourth-order valence-electron chi connectivity index (χ4n) is 2.41. The van der Waals surface area contributed by atoms with Gasteiger partial charge < -0.3 is 9.73 Å². The molecule has 1 aromatic carbocycles. The molecule has 0 aliphatic heterocycles. The number of alkyl halides is 3. The Bertz CT molecular complexity index is 669. The maximum Gasteiger partial charge on any atom is 0.471 e. The molecule has 2 unspecified atom stereocenters. The van der Waals surface area contributed by atoms with Gasteiger partial charge in [-0.25, -0.2) is 0 Å². The van der Waals surface area contributed by atoms with Crippen molar-refractivity contribution >= 4 is 0 Å². The molecular formula is C15H16F3N3O2. The van der Waals surface area contributed by atoms with E-state index in [1.807, 2.05) is 0 Å². The van der Waals surface area contributed by atoms with Crippen LogP contribution in [0.4, 0.5) is 13.2 Å². The second kappa shape index (κ2) is 5.93. The minimum absolute atomic E-state index is 0.114. The zero-order valence-electron chi connectivity index (χ0n) is 12.4. The number of benzene rings is 1. The summed E-state index contributed by atoms with van der Waals surface area (Å²) in [6, 6.07) is 6.65. The van der Waals surface area contributed by atoms with Crippen LogP contribution >= 0.6 is 0 Å². The highest BCUT2D eigenvalue weighted by molar-refractivity contribution is 5.54. The molecule has 0 radical (unpaired) electrons. The summed E-state index contributed by atoms with van der Waals surface area (Å²) in [4.78, 5) is 3.34. The van der Waals surface area contributed by atoms with Gasteiger partial charge >= 0.3 is 12.1 Å². The summed E-state index contributed by atoms with van der Waals surface area (Å²) < 4.78 is 41.5. The van der Waals surface area contributed by atoms with Gasteiger partial charge in [0, 0.05) is 18.7 Å². The van der Waals surface area contributed by atoms with Crippen LogP contribution in [0.2, 0.25) is 0 Å². The summed E-state index contributed by atoms with van der Waals surface area (Å²) >= 11 is 0. The summed E-state index contributed by atoms with van der Waals surface area (Å²) in [7, 11) is 0. The van der Waals surface area contributed by atoms with Crippen molar-refractivity contribution < 1.29 is 22.9 Å². The highest BCUT2D eigenvalue weighted by Gasteiger charge is 2.38. The van der Waals surface area contributed by atoms with Gasteiger partial charge in [-0.05, 0) is 23.8 Å². The molecule has 1 N–H and O–H groups in total. The van der Waals surface area contributed by atoms with Gasteiger partial charge in [-0.3, -0.25) is 0 Å². The second-order valence-corrected chi connectivity index (χ2v) is 5.94. The SMILES string of the molecule is CC1CC1CN(O)Cc1ccc(-c2noc(C(F)(F)F)n2)cc1. The molecule has 2 atom stereocenters. The van der Waals surface area contributed by atoms with Crippen molar-refractivity contribution in [2.45, 2.75) is 26.1 Å². The fraction of sp³-hybridized carbons (Fsp3) is 0.467. The van der Waals surface area contributed by atoms with E-state index in [0.717, 1.165) is 12.0 Å². The minimum atomic E-state index is -4.65. The first-order valence-electron chi connectivity index (χ1n) is 7.27. The lowest BCUT2D eigenvalue weighted by Gasteiger charge is -2.14. The minimum Gasteiger partial charge on any atom is -0.329 e. The molecule has 1 fully saturated rings. The third kappa shape index (κ3) is 3.89. The summed E-state index contributed by atoms with van der Waals surface area (Å²) in [6.45, 7) is 3.14. The monoisotopic (exact) mass is 327 g/mol. The Labute approximate surface area is 130 Å². The molecule has 1 saturated carbocycles. The first kappa shape index (κ1) is 15.9. The van der Waals surface area contributed by atoms with E-state index in [0.29, 0.717) is 30.5 Å². The van der Waals surface area contributed by atoms with Crippen LogP contribution in [0.25, 0.3) is 11.4 Å². The lowest BCUT2D eigenvalue weighted by atomic mass is 10.1. The van der Waals surface area contributed by atoms with Crippen LogP contribution in [0.3, 0.4) is 0 Å². The highest BCUT2D eigenvalue weighted by atomic mass is 19.4. The maximum atomic E-state index is 12.4. The molecule has 1 heterocycles. The molecule has 124 valence electrons. The predicted molar refractivity (Wildman–Crippen MR) is 74.2 cm³/mol. The Morgan fingerprint density at radius 3 is 2.48 bits per heavy atom. The summed E-state index contributed by atoms with van der Waals surface area (Å²) in [5.74, 6) is -0.277. The van der Waals surface area contributed by atoms with Crippen LogP contribution in [-0.2, 0) is 12.7 Å². The van der Waals surface area contributed by atoms with E-state index in [1.165, 1.54) is 5.06 Å². The van der Waals surface area contributed by atoms with Gasteiger partial charge in [0.2, 0.25) is 5.82 Å². The summed E-state index contributed by atoms with van der Waals surface area (Å²) in [5.41, 5.74) is 1.28. The van der Waals surface area contributed by atoms with Crippen molar-refractivity contribution in [2.75, 3.05) is 6.54 Å². The third-order valence-electron chi connectivity index (χ3n) is 3.97. The second-order valence-electron chi connectivity index (χ2n) is 5.94. The van der Waals surface area contributed by atoms with Crippen molar-refractivity contribution in [1.29, 1.82) is 0 Å². The molecule has 1 aliphatic rings. The van der Waals surface area contributed by atoms with Crippen molar-refractivity contribution in [3.63, 3.8) is 0 Å². The van der Waals surface area contributed by atoms with Crippen LogP contribution < -0.4 is 0 Å². The topological polar surface area (TPSA) is 62.4 Å². The van der Waals surface area contributed by atoms with E-state index in [1.54, 1.807) is 24.3 Å². The van der Waals surface area contributed by atoms with Gasteiger partial charge in [-0.1, -0.05) is 36.3 Å². The molecule has 8 heteroatoms. The molecule has 2 aromatic rings. The van der Waals surface area contributed by atoms with Gasteiger partial charge in [-0.15, -0.1) is 0 Å². The Balaban J connectivity index is 1.63. The van der Waals surface area contributed by atoms with E-state index in [9.17, 15) is 18.4 Å². The van der Waals surface area contributed by atoms with E-state index in [-0.39, 0.29) is 5.82 Å². The summed E-state index contributed by atoms with van der Waals surface area (Å²) in [6.07, 6.45) is -3.52. The molecule has 3 rings (SSSR count). The highest BCUT2D eigenvalue weighted by Crippen LogP contribution is 2.38. The molecule has 1 aliphatic carbocycles. The average molecular weight is 327 g/mol. The van der Waals surface area contributed by atoms with Crippen molar-refractivity contribution in [2.24, 2.45) is 11.8 Å². The van der Waals surface area contributed by atoms with Crippen LogP contribution in [-0.4, -0.2) is 27.0 Å². The molecule has 0 saturated heterocycles. The van der Waals surface area contributed by atoms with Crippen LogP contribution in [0.1, 0.15) is 24.8 Å². The number of halogens is 3. The van der Waals surface area contributed by atoms with Crippen LogP contribution in [0.15, 0.2) is 28.8 Å². The Morgan fingerprint density at radius 1 is 1.30 bits per heavy atom. The standard InChI is InChI=1S/C15H16F3N3O2/c1-9-6-12(9)8-21(22)7-10-2-4-11(5-3-10)13-19-14(23-20-13)15(16,17)18/h2-5,9,12,22H,6-8H2,1H3. The number of hydrogen-bond acceptors (Lipinski definition) is 5. The largest absolute Gasteiger partial charge is 0.471 e. The molecular weight excluding hydrogens is 311 g/mol. The molecule has 0 bridgehead atoms. The molecule has 0 amide bonds. The Morgan fingerprint density at radius 2 is 1.96 bits per heavy atom. The number of hydrogen-bond donors (Lipinski definition) is 1. The number of nitrogens with zero attached hydrogens (tertiary/aromatic N) is 3. The van der Waals surface area contributed by atoms with Crippen LogP contribution in [0.5, 0.6) is 0 Å². The molecule has 23 heavy (non-hydrogen) atoms. The average Bonchev–Trinajstić information content (AvgIpc) is 2.98. The number of rotatable bonds is 5. The fourth-order valence-corrected chi connectivity index (χ4v) is 2.41. The van der Waals surface area contributed by atoms with E-state index >= 15 is 0 Å². The van der Waals surface area contributed by atoms with Gasteiger partial charge in [-0.2, -0.15) is 23.2 Å². The van der Waals surface area contributed by atoms with Gasteiger partial charge in [0.05, 0.1) is 0 Å². The van der Waals surface area contributed by atoms with Crippen molar-refractivity contribution in [3.8, 4) is 11.4 Å². The van der Waals surface area contributed by atoms with E-state index in [2.05, 4.69) is 21.6 Å². The lowest BCUT2D eigenvalue weighted by molar-refractivity contribution is -0.159. The normalized spacial score (nSPS) is 21.0. The van der Waals surface area contributed by atoms with Crippen molar-refractivity contribution in [3.05, 3.63) is 35.7 Å². The van der Waals surface area contributed by atoms with Crippen LogP contribution in [0, 0.1) is 11.8 Å². The molecule has 0 spiro atoms. The molecule has 1 aromatic heterocycles. The quantitative estimate of drug-likeness (QED) is 0.850. The predicted octanol–water partition coefficient (Wildman–Crippen LogP) is 3.60. The smallest absolute Gasteiger partial charge is 0.329 e. The van der Waals surface area contributed by atoms with E-state index in [4.69, 9.17) is 0 Å². The van der Waals surface area contributed by atoms with Gasteiger partial charge in [0.1, 0.15) is 0 Å². The first-order valence-corrected chi connectivity index (χ1v) is 7.27. The number of aromatic nitrogens is 2. The Hall–Kier alpha value is -1.93. The number of hydroxylamine groups is 2. The van der Waals surface area contributed by atoms with Gasteiger partial charge in [0.15, 0.2) is 0 Å². The molecule has 5 nitrogen and oxygen atoms in total.